The summed E-state index contributed by atoms with van der Waals surface area (Å²) in [7, 11) is 1.48. The van der Waals surface area contributed by atoms with Crippen LogP contribution in [0.1, 0.15) is 0 Å². The number of methoxy groups -OCH3 is 1. The van der Waals surface area contributed by atoms with Crippen LogP contribution in [0.3, 0.4) is 0 Å². The number of hydrogen-bond donors (Lipinski definition) is 0. The molecule has 0 saturated heterocycles. The molecule has 0 aromatic rings. The Hall–Kier alpha value is 1.11. The summed E-state index contributed by atoms with van der Waals surface area (Å²) in [5, 5.41) is 0. The Bertz CT molecular complexity index is 30.0. The SMILES string of the molecule is COCC=O.[SrH2]. The second-order valence-corrected chi connectivity index (χ2v) is 0.622. The zero-order valence-corrected chi connectivity index (χ0v) is 3.10. The molecular formula is C3H8O2Sr. The monoisotopic (exact) mass is 164 g/mol. The van der Waals surface area contributed by atoms with Crippen molar-refractivity contribution >= 4 is 51.8 Å². The Morgan fingerprint density at radius 2 is 2.33 bits per heavy atom. The Balaban J connectivity index is 0. The van der Waals surface area contributed by atoms with Crippen LogP contribution in [0.2, 0.25) is 0 Å². The van der Waals surface area contributed by atoms with Crippen LogP contribution in [0.15, 0.2) is 0 Å². The van der Waals surface area contributed by atoms with Gasteiger partial charge in [-0.05, 0) is 0 Å². The number of hydrogen-bond acceptors (Lipinski definition) is 2. The Labute approximate surface area is 74.1 Å². The summed E-state index contributed by atoms with van der Waals surface area (Å²) in [5.41, 5.74) is 0. The van der Waals surface area contributed by atoms with E-state index in [1.807, 2.05) is 0 Å². The maximum absolute atomic E-state index is 9.28. The van der Waals surface area contributed by atoms with Crippen molar-refractivity contribution in [2.75, 3.05) is 13.7 Å². The molecule has 3 heteroatoms. The van der Waals surface area contributed by atoms with Gasteiger partial charge in [0.15, 0.2) is 0 Å². The first-order chi connectivity index (χ1) is 2.41. The number of carbonyl (C=O) groups is 1. The molecule has 0 aliphatic carbocycles. The molecule has 0 aromatic carbocycles. The third-order valence-corrected chi connectivity index (χ3v) is 0.235. The van der Waals surface area contributed by atoms with Crippen LogP contribution in [0.25, 0.3) is 0 Å². The van der Waals surface area contributed by atoms with Gasteiger partial charge in [0, 0.05) is 7.11 Å². The molecule has 0 aliphatic heterocycles. The molecule has 0 atom stereocenters. The molecule has 0 aliphatic rings. The Morgan fingerprint density at radius 1 is 1.83 bits per heavy atom. The Kier molecular flexibility index (Phi) is 16.0. The summed E-state index contributed by atoms with van der Waals surface area (Å²) in [6.45, 7) is 0.208. The van der Waals surface area contributed by atoms with E-state index in [4.69, 9.17) is 0 Å². The normalized spacial score (nSPS) is 6.17. The molecular weight excluding hydrogens is 156 g/mol. The molecule has 0 bridgehead atoms. The minimum absolute atomic E-state index is 0. The summed E-state index contributed by atoms with van der Waals surface area (Å²) in [6, 6.07) is 0. The van der Waals surface area contributed by atoms with Crippen LogP contribution in [-0.2, 0) is 9.53 Å². The third kappa shape index (κ3) is 8.92. The molecule has 34 valence electrons. The van der Waals surface area contributed by atoms with Gasteiger partial charge in [-0.3, -0.25) is 0 Å². The summed E-state index contributed by atoms with van der Waals surface area (Å²) >= 11 is 0. The maximum atomic E-state index is 9.28. The quantitative estimate of drug-likeness (QED) is 0.383. The fraction of sp³-hybridized carbons (Fsp3) is 0.667. The summed E-state index contributed by atoms with van der Waals surface area (Å²) in [5.74, 6) is 0. The summed E-state index contributed by atoms with van der Waals surface area (Å²) < 4.78 is 4.32. The molecule has 0 heterocycles. The van der Waals surface area contributed by atoms with Gasteiger partial charge in [0.25, 0.3) is 0 Å². The topological polar surface area (TPSA) is 26.3 Å². The van der Waals surface area contributed by atoms with E-state index in [9.17, 15) is 4.79 Å². The van der Waals surface area contributed by atoms with Crippen LogP contribution >= 0.6 is 0 Å². The standard InChI is InChI=1S/C3H6O2.Sr.2H/c1-5-3-2-4;;;/h2H,3H2,1H3;;;. The van der Waals surface area contributed by atoms with Crippen molar-refractivity contribution in [2.45, 2.75) is 0 Å². The van der Waals surface area contributed by atoms with Crippen LogP contribution in [0.4, 0.5) is 0 Å². The van der Waals surface area contributed by atoms with E-state index in [1.165, 1.54) is 7.11 Å². The number of ether oxygens (including phenoxy) is 1. The average Bonchev–Trinajstić information content (AvgIpc) is 1.41. The van der Waals surface area contributed by atoms with Crippen molar-refractivity contribution in [1.29, 1.82) is 0 Å². The van der Waals surface area contributed by atoms with Gasteiger partial charge >= 0.3 is 45.5 Å². The van der Waals surface area contributed by atoms with Gasteiger partial charge in [0.2, 0.25) is 0 Å². The molecule has 0 rings (SSSR count). The predicted molar refractivity (Wildman–Crippen MR) is 26.5 cm³/mol. The van der Waals surface area contributed by atoms with Crippen molar-refractivity contribution in [1.82, 2.24) is 0 Å². The Morgan fingerprint density at radius 3 is 2.33 bits per heavy atom. The van der Waals surface area contributed by atoms with Crippen molar-refractivity contribution < 1.29 is 9.53 Å². The molecule has 6 heavy (non-hydrogen) atoms. The average molecular weight is 164 g/mol. The second-order valence-electron chi connectivity index (χ2n) is 0.622. The van der Waals surface area contributed by atoms with E-state index >= 15 is 0 Å². The van der Waals surface area contributed by atoms with Gasteiger partial charge in [-0.15, -0.1) is 0 Å². The molecule has 0 aromatic heterocycles. The molecule has 0 amide bonds. The third-order valence-electron chi connectivity index (χ3n) is 0.235. The van der Waals surface area contributed by atoms with Crippen LogP contribution in [0.5, 0.6) is 0 Å². The van der Waals surface area contributed by atoms with E-state index in [0.717, 1.165) is 0 Å². The molecule has 2 nitrogen and oxygen atoms in total. The van der Waals surface area contributed by atoms with Crippen LogP contribution < -0.4 is 0 Å². The van der Waals surface area contributed by atoms with Crippen LogP contribution in [0, 0.1) is 0 Å². The number of carbonyl (C=O) groups excluding carboxylic acids is 1. The van der Waals surface area contributed by atoms with E-state index in [-0.39, 0.29) is 52.1 Å². The first kappa shape index (κ1) is 10.2. The van der Waals surface area contributed by atoms with E-state index in [2.05, 4.69) is 4.74 Å². The second kappa shape index (κ2) is 9.45. The van der Waals surface area contributed by atoms with Crippen molar-refractivity contribution in [3.63, 3.8) is 0 Å². The van der Waals surface area contributed by atoms with E-state index in [0.29, 0.717) is 6.29 Å². The summed E-state index contributed by atoms with van der Waals surface area (Å²) in [4.78, 5) is 9.28. The van der Waals surface area contributed by atoms with Crippen molar-refractivity contribution in [3.05, 3.63) is 0 Å². The van der Waals surface area contributed by atoms with Gasteiger partial charge in [-0.2, -0.15) is 0 Å². The van der Waals surface area contributed by atoms with Gasteiger partial charge in [0.05, 0.1) is 0 Å². The molecule has 0 saturated carbocycles. The van der Waals surface area contributed by atoms with Gasteiger partial charge in [-0.1, -0.05) is 0 Å². The van der Waals surface area contributed by atoms with Crippen molar-refractivity contribution in [3.8, 4) is 0 Å². The molecule has 0 N–H and O–H groups in total. The molecule has 0 radical (unpaired) electrons. The van der Waals surface area contributed by atoms with Gasteiger partial charge in [-0.25, -0.2) is 0 Å². The van der Waals surface area contributed by atoms with E-state index < -0.39 is 0 Å². The van der Waals surface area contributed by atoms with E-state index in [1.54, 1.807) is 0 Å². The first-order valence-electron chi connectivity index (χ1n) is 1.34. The summed E-state index contributed by atoms with van der Waals surface area (Å²) in [6.07, 6.45) is 0.708. The fourth-order valence-electron chi connectivity index (χ4n) is 0.0680. The van der Waals surface area contributed by atoms with Crippen LogP contribution in [-0.4, -0.2) is 65.5 Å². The molecule has 0 fully saturated rings. The predicted octanol–water partition coefficient (Wildman–Crippen LogP) is -1.08. The van der Waals surface area contributed by atoms with Crippen molar-refractivity contribution in [2.24, 2.45) is 0 Å². The zero-order valence-electron chi connectivity index (χ0n) is 3.10. The molecule has 0 spiro atoms. The molecule has 0 unspecified atom stereocenters. The first-order valence-corrected chi connectivity index (χ1v) is 1.34. The number of rotatable bonds is 2. The van der Waals surface area contributed by atoms with Gasteiger partial charge in [0.1, 0.15) is 12.9 Å². The zero-order chi connectivity index (χ0) is 4.12. The fourth-order valence-corrected chi connectivity index (χ4v) is 0.0680. The number of aldehydes is 1. The minimum atomic E-state index is 0. The van der Waals surface area contributed by atoms with Gasteiger partial charge < -0.3 is 9.53 Å².